The average molecular weight is 416 g/mol. The normalized spacial score (nSPS) is 10.5. The van der Waals surface area contributed by atoms with E-state index in [1.165, 1.54) is 11.3 Å². The molecule has 0 radical (unpaired) electrons. The summed E-state index contributed by atoms with van der Waals surface area (Å²) in [6.07, 6.45) is 0.889. The fraction of sp³-hybridized carbons (Fsp3) is 0.238. The summed E-state index contributed by atoms with van der Waals surface area (Å²) in [6.45, 7) is 2.50. The average Bonchev–Trinajstić information content (AvgIpc) is 3.36. The molecule has 2 heterocycles. The third-order valence-corrected chi connectivity index (χ3v) is 5.67. The lowest BCUT2D eigenvalue weighted by atomic mass is 10.1. The lowest BCUT2D eigenvalue weighted by Crippen LogP contribution is -2.15. The van der Waals surface area contributed by atoms with Crippen LogP contribution in [0.25, 0.3) is 10.4 Å². The molecule has 5 nitrogen and oxygen atoms in total. The lowest BCUT2D eigenvalue weighted by molar-refractivity contribution is -0.116. The van der Waals surface area contributed by atoms with Crippen LogP contribution in [0.2, 0.25) is 0 Å². The van der Waals surface area contributed by atoms with Crippen LogP contribution in [0.5, 0.6) is 5.75 Å². The predicted molar refractivity (Wildman–Crippen MR) is 113 cm³/mol. The molecular formula is C21H21NO4S2. The highest BCUT2D eigenvalue weighted by molar-refractivity contribution is 7.17. The molecule has 0 saturated carbocycles. The molecule has 1 amide bonds. The van der Waals surface area contributed by atoms with Crippen LogP contribution < -0.4 is 10.1 Å². The number of esters is 1. The summed E-state index contributed by atoms with van der Waals surface area (Å²) in [5, 5.41) is 7.22. The Labute approximate surface area is 171 Å². The molecule has 0 aliphatic rings. The van der Waals surface area contributed by atoms with Crippen molar-refractivity contribution >= 4 is 39.6 Å². The van der Waals surface area contributed by atoms with Gasteiger partial charge in [0.2, 0.25) is 5.91 Å². The van der Waals surface area contributed by atoms with E-state index in [1.54, 1.807) is 18.3 Å². The number of anilines is 1. The Morgan fingerprint density at radius 3 is 2.61 bits per heavy atom. The van der Waals surface area contributed by atoms with Gasteiger partial charge in [0.25, 0.3) is 0 Å². The number of hydrogen-bond donors (Lipinski definition) is 1. The standard InChI is InChI=1S/C21H21NO4S2/c1-2-25-21(24)19-16(17-10-7-13-27-17)14-28-20(19)22-18(23)11-6-12-26-15-8-4-3-5-9-15/h3-5,7-10,13-14H,2,6,11-12H2,1H3,(H,22,23). The number of para-hydroxylation sites is 1. The molecule has 0 unspecified atom stereocenters. The second-order valence-corrected chi connectivity index (χ2v) is 7.69. The Bertz CT molecular complexity index is 904. The lowest BCUT2D eigenvalue weighted by Gasteiger charge is -2.09. The number of carbonyl (C=O) groups excluding carboxylic acids is 2. The van der Waals surface area contributed by atoms with Crippen LogP contribution in [0.4, 0.5) is 5.00 Å². The highest BCUT2D eigenvalue weighted by Crippen LogP contribution is 2.38. The molecule has 1 N–H and O–H groups in total. The summed E-state index contributed by atoms with van der Waals surface area (Å²) >= 11 is 2.88. The maximum absolute atomic E-state index is 12.5. The molecule has 0 bridgehead atoms. The first-order valence-electron chi connectivity index (χ1n) is 8.99. The molecule has 0 saturated heterocycles. The second kappa shape index (κ2) is 10.1. The fourth-order valence-electron chi connectivity index (χ4n) is 2.60. The SMILES string of the molecule is CCOC(=O)c1c(-c2cccs2)csc1NC(=O)CCCOc1ccccc1. The number of hydrogen-bond acceptors (Lipinski definition) is 6. The number of carbonyl (C=O) groups is 2. The Kier molecular flexibility index (Phi) is 7.22. The van der Waals surface area contributed by atoms with E-state index in [2.05, 4.69) is 5.32 Å². The minimum atomic E-state index is -0.421. The number of rotatable bonds is 9. The van der Waals surface area contributed by atoms with Crippen LogP contribution in [-0.2, 0) is 9.53 Å². The monoisotopic (exact) mass is 415 g/mol. The summed E-state index contributed by atoms with van der Waals surface area (Å²) in [5.41, 5.74) is 1.21. The largest absolute Gasteiger partial charge is 0.494 e. The second-order valence-electron chi connectivity index (χ2n) is 5.86. The van der Waals surface area contributed by atoms with Crippen molar-refractivity contribution in [2.24, 2.45) is 0 Å². The molecule has 28 heavy (non-hydrogen) atoms. The van der Waals surface area contributed by atoms with E-state index < -0.39 is 5.97 Å². The van der Waals surface area contributed by atoms with E-state index in [1.807, 2.05) is 53.2 Å². The molecule has 3 rings (SSSR count). The Hall–Kier alpha value is -2.64. The van der Waals surface area contributed by atoms with Crippen molar-refractivity contribution in [3.8, 4) is 16.2 Å². The minimum Gasteiger partial charge on any atom is -0.494 e. The van der Waals surface area contributed by atoms with Crippen LogP contribution in [0, 0.1) is 0 Å². The van der Waals surface area contributed by atoms with Gasteiger partial charge in [-0.15, -0.1) is 22.7 Å². The molecule has 7 heteroatoms. The molecule has 0 fully saturated rings. The predicted octanol–water partition coefficient (Wildman–Crippen LogP) is 5.45. The zero-order valence-corrected chi connectivity index (χ0v) is 17.1. The van der Waals surface area contributed by atoms with Crippen LogP contribution in [-0.4, -0.2) is 25.1 Å². The van der Waals surface area contributed by atoms with Crippen LogP contribution in [0.1, 0.15) is 30.1 Å². The topological polar surface area (TPSA) is 64.6 Å². The Morgan fingerprint density at radius 2 is 1.89 bits per heavy atom. The molecule has 2 aromatic heterocycles. The van der Waals surface area contributed by atoms with Gasteiger partial charge in [-0.25, -0.2) is 4.79 Å². The highest BCUT2D eigenvalue weighted by atomic mass is 32.1. The van der Waals surface area contributed by atoms with Crippen LogP contribution in [0.3, 0.4) is 0 Å². The zero-order valence-electron chi connectivity index (χ0n) is 15.5. The summed E-state index contributed by atoms with van der Waals surface area (Å²) in [5.74, 6) is 0.211. The first kappa shape index (κ1) is 20.1. The van der Waals surface area contributed by atoms with E-state index in [0.717, 1.165) is 16.2 Å². The summed E-state index contributed by atoms with van der Waals surface area (Å²) in [6, 6.07) is 13.4. The molecule has 0 spiro atoms. The third-order valence-electron chi connectivity index (χ3n) is 3.87. The number of thiophene rings is 2. The van der Waals surface area contributed by atoms with Crippen LogP contribution in [0.15, 0.2) is 53.2 Å². The molecule has 146 valence electrons. The smallest absolute Gasteiger partial charge is 0.341 e. The van der Waals surface area contributed by atoms with E-state index >= 15 is 0 Å². The van der Waals surface area contributed by atoms with E-state index in [9.17, 15) is 9.59 Å². The van der Waals surface area contributed by atoms with Gasteiger partial charge in [0.15, 0.2) is 0 Å². The van der Waals surface area contributed by atoms with Crippen LogP contribution >= 0.6 is 22.7 Å². The van der Waals surface area contributed by atoms with Crippen molar-refractivity contribution in [1.82, 2.24) is 0 Å². The van der Waals surface area contributed by atoms with Gasteiger partial charge in [-0.3, -0.25) is 4.79 Å². The maximum atomic E-state index is 12.5. The van der Waals surface area contributed by atoms with Gasteiger partial charge < -0.3 is 14.8 Å². The van der Waals surface area contributed by atoms with Crippen molar-refractivity contribution < 1.29 is 19.1 Å². The van der Waals surface area contributed by atoms with Crippen molar-refractivity contribution in [3.63, 3.8) is 0 Å². The summed E-state index contributed by atoms with van der Waals surface area (Å²) in [7, 11) is 0. The number of ether oxygens (including phenoxy) is 2. The summed E-state index contributed by atoms with van der Waals surface area (Å²) in [4.78, 5) is 25.8. The van der Waals surface area contributed by atoms with Crippen molar-refractivity contribution in [3.05, 3.63) is 58.8 Å². The van der Waals surface area contributed by atoms with Gasteiger partial charge in [-0.1, -0.05) is 24.3 Å². The summed E-state index contributed by atoms with van der Waals surface area (Å²) < 4.78 is 10.8. The molecule has 3 aromatic rings. The highest BCUT2D eigenvalue weighted by Gasteiger charge is 2.23. The molecular weight excluding hydrogens is 394 g/mol. The van der Waals surface area contributed by atoms with E-state index in [0.29, 0.717) is 30.0 Å². The van der Waals surface area contributed by atoms with E-state index in [-0.39, 0.29) is 12.5 Å². The van der Waals surface area contributed by atoms with Gasteiger partial charge >= 0.3 is 5.97 Å². The number of amides is 1. The van der Waals surface area contributed by atoms with E-state index in [4.69, 9.17) is 9.47 Å². The van der Waals surface area contributed by atoms with Crippen molar-refractivity contribution in [2.75, 3.05) is 18.5 Å². The molecule has 0 atom stereocenters. The van der Waals surface area contributed by atoms with Gasteiger partial charge in [0, 0.05) is 22.2 Å². The minimum absolute atomic E-state index is 0.151. The first-order valence-corrected chi connectivity index (χ1v) is 10.7. The first-order chi connectivity index (χ1) is 13.7. The van der Waals surface area contributed by atoms with Gasteiger partial charge in [-0.2, -0.15) is 0 Å². The fourth-order valence-corrected chi connectivity index (χ4v) is 4.39. The number of nitrogens with one attached hydrogen (secondary N) is 1. The van der Waals surface area contributed by atoms with Gasteiger partial charge in [-0.05, 0) is 36.9 Å². The van der Waals surface area contributed by atoms with Crippen molar-refractivity contribution in [1.29, 1.82) is 0 Å². The molecule has 0 aliphatic heterocycles. The van der Waals surface area contributed by atoms with Crippen molar-refractivity contribution in [2.45, 2.75) is 19.8 Å². The number of benzene rings is 1. The zero-order chi connectivity index (χ0) is 19.8. The molecule has 0 aliphatic carbocycles. The third kappa shape index (κ3) is 5.21. The molecule has 1 aromatic carbocycles. The van der Waals surface area contributed by atoms with Gasteiger partial charge in [0.1, 0.15) is 16.3 Å². The maximum Gasteiger partial charge on any atom is 0.341 e. The quantitative estimate of drug-likeness (QED) is 0.373. The Morgan fingerprint density at radius 1 is 1.07 bits per heavy atom. The van der Waals surface area contributed by atoms with Gasteiger partial charge in [0.05, 0.1) is 13.2 Å². The Balaban J connectivity index is 1.61.